The van der Waals surface area contributed by atoms with Crippen molar-refractivity contribution in [3.63, 3.8) is 0 Å². The molecule has 1 atom stereocenters. The van der Waals surface area contributed by atoms with Gasteiger partial charge in [-0.15, -0.1) is 53.1 Å². The third kappa shape index (κ3) is 5.84. The number of hydrogen-bond donors (Lipinski definition) is 0. The molecule has 1 aliphatic rings. The van der Waals surface area contributed by atoms with Gasteiger partial charge in [-0.25, -0.2) is 5.57 Å². The molecule has 1 heterocycles. The number of aryl methyl sites for hydroxylation is 1. The summed E-state index contributed by atoms with van der Waals surface area (Å²) in [5, 5.41) is 2.60. The molecular formula is C25H30OSiZr-4. The van der Waals surface area contributed by atoms with Crippen molar-refractivity contribution in [3.05, 3.63) is 92.1 Å². The molecule has 0 saturated carbocycles. The van der Waals surface area contributed by atoms with Gasteiger partial charge in [0.25, 0.3) is 0 Å². The molecule has 0 aliphatic heterocycles. The van der Waals surface area contributed by atoms with E-state index < -0.39 is 0 Å². The molecule has 1 unspecified atom stereocenters. The van der Waals surface area contributed by atoms with Gasteiger partial charge in [0.1, 0.15) is 0 Å². The van der Waals surface area contributed by atoms with Gasteiger partial charge in [-0.05, 0) is 11.6 Å². The van der Waals surface area contributed by atoms with E-state index in [0.717, 1.165) is 5.56 Å². The molecule has 3 aromatic rings. The van der Waals surface area contributed by atoms with Crippen LogP contribution < -0.4 is 0 Å². The topological polar surface area (TPSA) is 13.1 Å². The van der Waals surface area contributed by atoms with Crippen molar-refractivity contribution in [2.24, 2.45) is 5.92 Å². The molecule has 0 N–H and O–H groups in total. The molecule has 1 aromatic heterocycles. The Balaban J connectivity index is 0.000000491. The molecule has 1 nitrogen and oxygen atoms in total. The van der Waals surface area contributed by atoms with Gasteiger partial charge in [-0.3, -0.25) is 6.08 Å². The Hall–Kier alpha value is -1.31. The fraction of sp³-hybridized carbons (Fsp3) is 0.240. The maximum atomic E-state index is 5.14. The van der Waals surface area contributed by atoms with Crippen molar-refractivity contribution in [2.45, 2.75) is 34.6 Å². The van der Waals surface area contributed by atoms with Crippen molar-refractivity contribution in [1.82, 2.24) is 0 Å². The van der Waals surface area contributed by atoms with Gasteiger partial charge in [-0.2, -0.15) is 11.1 Å². The van der Waals surface area contributed by atoms with E-state index in [1.807, 2.05) is 6.07 Å². The first-order valence-electron chi connectivity index (χ1n) is 8.69. The van der Waals surface area contributed by atoms with Gasteiger partial charge in [0.2, 0.25) is 0 Å². The van der Waals surface area contributed by atoms with Crippen LogP contribution in [0.3, 0.4) is 0 Å². The Morgan fingerprint density at radius 2 is 1.68 bits per heavy atom. The molecule has 2 radical (unpaired) electrons. The SMILES string of the molecule is CC1=[C-]C(C)C(C)=C1C.Cc1[cH-]c2ccccc2c1-c1ccoc1.[CH3-].[CH3-].[Si]=[Zr]. The van der Waals surface area contributed by atoms with E-state index >= 15 is 0 Å². The second-order valence-corrected chi connectivity index (χ2v) is 6.60. The van der Waals surface area contributed by atoms with Crippen LogP contribution in [0.25, 0.3) is 21.9 Å². The van der Waals surface area contributed by atoms with Crippen LogP contribution in [0.5, 0.6) is 0 Å². The van der Waals surface area contributed by atoms with Crippen LogP contribution >= 0.6 is 0 Å². The zero-order valence-electron chi connectivity index (χ0n) is 18.1. The number of furan rings is 1. The zero-order chi connectivity index (χ0) is 19.3. The van der Waals surface area contributed by atoms with Crippen LogP contribution in [-0.4, -0.2) is 6.88 Å². The van der Waals surface area contributed by atoms with Crippen LogP contribution in [0.15, 0.2) is 70.1 Å². The molecule has 4 rings (SSSR count). The summed E-state index contributed by atoms with van der Waals surface area (Å²) in [5.41, 5.74) is 8.00. The summed E-state index contributed by atoms with van der Waals surface area (Å²) >= 11 is 1.36. The van der Waals surface area contributed by atoms with E-state index in [2.05, 4.69) is 77.9 Å². The molecule has 0 saturated heterocycles. The number of allylic oxidation sites excluding steroid dienone is 4. The monoisotopic (exact) mass is 464 g/mol. The second kappa shape index (κ2) is 12.3. The summed E-state index contributed by atoms with van der Waals surface area (Å²) in [5.74, 6) is 0.560. The minimum atomic E-state index is 0. The minimum absolute atomic E-state index is 0. The summed E-state index contributed by atoms with van der Waals surface area (Å²) in [7, 11) is 0. The summed E-state index contributed by atoms with van der Waals surface area (Å²) in [4.78, 5) is 0. The number of fused-ring (bicyclic) bond motifs is 1. The third-order valence-electron chi connectivity index (χ3n) is 5.04. The molecule has 0 amide bonds. The average molecular weight is 466 g/mol. The predicted molar refractivity (Wildman–Crippen MR) is 121 cm³/mol. The van der Waals surface area contributed by atoms with Gasteiger partial charge >= 0.3 is 30.2 Å². The average Bonchev–Trinajstić information content (AvgIpc) is 3.33. The van der Waals surface area contributed by atoms with Crippen molar-refractivity contribution in [1.29, 1.82) is 0 Å². The Morgan fingerprint density at radius 3 is 2.14 bits per heavy atom. The maximum absolute atomic E-state index is 5.14. The second-order valence-electron chi connectivity index (χ2n) is 6.60. The fourth-order valence-corrected chi connectivity index (χ4v) is 3.32. The molecule has 2 aromatic carbocycles. The summed E-state index contributed by atoms with van der Waals surface area (Å²) in [6, 6.07) is 12.7. The molecule has 0 fully saturated rings. The zero-order valence-corrected chi connectivity index (χ0v) is 21.6. The molecule has 148 valence electrons. The number of rotatable bonds is 1. The van der Waals surface area contributed by atoms with E-state index in [-0.39, 0.29) is 14.9 Å². The van der Waals surface area contributed by atoms with Gasteiger partial charge in [0.05, 0.1) is 12.5 Å². The van der Waals surface area contributed by atoms with Crippen LogP contribution in [0.2, 0.25) is 0 Å². The van der Waals surface area contributed by atoms with Crippen LogP contribution in [0, 0.1) is 33.8 Å². The van der Waals surface area contributed by atoms with Gasteiger partial charge < -0.3 is 19.3 Å². The van der Waals surface area contributed by atoms with E-state index in [1.165, 1.54) is 62.0 Å². The summed E-state index contributed by atoms with van der Waals surface area (Å²) in [6.07, 6.45) is 6.88. The molecule has 0 bridgehead atoms. The Morgan fingerprint density at radius 1 is 1.04 bits per heavy atom. The fourth-order valence-electron chi connectivity index (χ4n) is 3.32. The van der Waals surface area contributed by atoms with Crippen molar-refractivity contribution in [2.75, 3.05) is 0 Å². The summed E-state index contributed by atoms with van der Waals surface area (Å²) < 4.78 is 5.14. The standard InChI is InChI=1S/C14H11O.C9H13.2CH3.Si.Zr/c1-10-8-11-4-2-3-5-13(11)14(10)12-6-7-15-9-12;1-6-5-7(2)9(4)8(6)3;;;;/h2-9H,1H3;6H,1-4H3;2*1H3;;/q4*-1;;. The van der Waals surface area contributed by atoms with Gasteiger partial charge in [0, 0.05) is 0 Å². The van der Waals surface area contributed by atoms with E-state index in [4.69, 9.17) is 4.42 Å². The van der Waals surface area contributed by atoms with Crippen molar-refractivity contribution >= 4 is 17.7 Å². The van der Waals surface area contributed by atoms with Crippen LogP contribution in [0.1, 0.15) is 33.3 Å². The first-order valence-corrected chi connectivity index (χ1v) is 12.9. The van der Waals surface area contributed by atoms with E-state index in [1.54, 1.807) is 12.5 Å². The first kappa shape index (κ1) is 26.7. The van der Waals surface area contributed by atoms with Gasteiger partial charge in [-0.1, -0.05) is 39.7 Å². The van der Waals surface area contributed by atoms with E-state index in [0.29, 0.717) is 5.92 Å². The molecule has 3 heteroatoms. The number of benzene rings is 1. The third-order valence-corrected chi connectivity index (χ3v) is 5.04. The summed E-state index contributed by atoms with van der Waals surface area (Å²) in [6.45, 7) is 13.9. The Kier molecular flexibility index (Phi) is 11.7. The molecule has 28 heavy (non-hydrogen) atoms. The molecule has 0 spiro atoms. The van der Waals surface area contributed by atoms with E-state index in [9.17, 15) is 0 Å². The molecule has 1 aliphatic carbocycles. The van der Waals surface area contributed by atoms with Crippen molar-refractivity contribution in [3.8, 4) is 11.1 Å². The van der Waals surface area contributed by atoms with Crippen molar-refractivity contribution < 1.29 is 27.8 Å². The quantitative estimate of drug-likeness (QED) is 0.270. The Bertz CT molecular complexity index is 929. The van der Waals surface area contributed by atoms with Crippen LogP contribution in [-0.2, 0) is 23.3 Å². The normalized spacial score (nSPS) is 14.7. The van der Waals surface area contributed by atoms with Gasteiger partial charge in [0.15, 0.2) is 0 Å². The first-order chi connectivity index (χ1) is 12.5. The van der Waals surface area contributed by atoms with Crippen LogP contribution in [0.4, 0.5) is 0 Å². The number of hydrogen-bond acceptors (Lipinski definition) is 1. The Labute approximate surface area is 188 Å². The predicted octanol–water partition coefficient (Wildman–Crippen LogP) is 7.37. The molecular weight excluding hydrogens is 436 g/mol.